The number of imidazole rings is 1. The van der Waals surface area contributed by atoms with E-state index in [4.69, 9.17) is 21.3 Å². The molecule has 0 aromatic carbocycles. The molecule has 5 rings (SSSR count). The molecular weight excluding hydrogens is 474 g/mol. The molecule has 1 aliphatic heterocycles. The van der Waals surface area contributed by atoms with Crippen molar-refractivity contribution >= 4 is 34.4 Å². The quantitative estimate of drug-likeness (QED) is 0.413. The Bertz CT molecular complexity index is 1570. The fourth-order valence-electron chi connectivity index (χ4n) is 3.86. The van der Waals surface area contributed by atoms with Crippen LogP contribution in [-0.4, -0.2) is 61.1 Å². The predicted molar refractivity (Wildman–Crippen MR) is 133 cm³/mol. The van der Waals surface area contributed by atoms with Crippen molar-refractivity contribution in [3.8, 4) is 17.7 Å². The monoisotopic (exact) mass is 495 g/mol. The Labute approximate surface area is 211 Å². The number of morpholine rings is 1. The first kappa shape index (κ1) is 23.7. The lowest BCUT2D eigenvalue weighted by Crippen LogP contribution is -2.45. The van der Waals surface area contributed by atoms with Crippen LogP contribution in [-0.2, 0) is 11.8 Å². The Kier molecular flexibility index (Phi) is 6.32. The van der Waals surface area contributed by atoms with Crippen molar-refractivity contribution < 1.29 is 14.3 Å². The van der Waals surface area contributed by atoms with E-state index in [0.29, 0.717) is 53.0 Å². The lowest BCUT2D eigenvalue weighted by molar-refractivity contribution is 0.00345. The summed E-state index contributed by atoms with van der Waals surface area (Å²) in [6, 6.07) is 8.76. The number of carbonyl (C=O) groups excluding carboxylic acids is 1. The molecule has 0 aliphatic carbocycles. The van der Waals surface area contributed by atoms with E-state index < -0.39 is 6.10 Å². The summed E-state index contributed by atoms with van der Waals surface area (Å²) in [5, 5.41) is 12.3. The zero-order chi connectivity index (χ0) is 25.9. The zero-order valence-corrected chi connectivity index (χ0v) is 20.0. The van der Waals surface area contributed by atoms with Gasteiger partial charge in [0, 0.05) is 25.9 Å². The SMILES string of the molecule is [C-]#[N+]c1cc(C)c(Oc2cc(Nc3ccc(C(=O)N4CCOC(C#N)C4)cn3)c3ncn(C)c3n2)cn1. The molecule has 0 saturated carbocycles. The number of fused-ring (bicyclic) bond motifs is 1. The van der Waals surface area contributed by atoms with Gasteiger partial charge in [-0.15, -0.1) is 4.98 Å². The summed E-state index contributed by atoms with van der Waals surface area (Å²) in [6.45, 7) is 9.91. The van der Waals surface area contributed by atoms with E-state index in [9.17, 15) is 4.79 Å². The van der Waals surface area contributed by atoms with Crippen LogP contribution < -0.4 is 10.1 Å². The molecular formula is C25H21N9O3. The van der Waals surface area contributed by atoms with Gasteiger partial charge in [0.1, 0.15) is 11.3 Å². The minimum absolute atomic E-state index is 0.206. The predicted octanol–water partition coefficient (Wildman–Crippen LogP) is 3.52. The molecule has 1 amide bonds. The van der Waals surface area contributed by atoms with Gasteiger partial charge in [0.05, 0.1) is 36.8 Å². The average Bonchev–Trinajstić information content (AvgIpc) is 3.30. The largest absolute Gasteiger partial charge is 0.435 e. The molecule has 12 heteroatoms. The van der Waals surface area contributed by atoms with Gasteiger partial charge in [-0.25, -0.2) is 9.97 Å². The maximum atomic E-state index is 12.8. The maximum Gasteiger partial charge on any atom is 0.269 e. The fourth-order valence-corrected chi connectivity index (χ4v) is 3.86. The number of hydrogen-bond donors (Lipinski definition) is 1. The van der Waals surface area contributed by atoms with E-state index in [2.05, 4.69) is 30.1 Å². The van der Waals surface area contributed by atoms with Crippen molar-refractivity contribution in [2.75, 3.05) is 25.0 Å². The molecule has 4 aromatic rings. The van der Waals surface area contributed by atoms with Gasteiger partial charge in [-0.05, 0) is 30.7 Å². The lowest BCUT2D eigenvalue weighted by Gasteiger charge is -2.29. The number of aromatic nitrogens is 5. The van der Waals surface area contributed by atoms with E-state index in [1.165, 1.54) is 12.4 Å². The summed E-state index contributed by atoms with van der Waals surface area (Å²) in [7, 11) is 1.83. The minimum atomic E-state index is -0.624. The van der Waals surface area contributed by atoms with Gasteiger partial charge in [-0.1, -0.05) is 6.57 Å². The van der Waals surface area contributed by atoms with Gasteiger partial charge < -0.3 is 29.1 Å². The molecule has 0 spiro atoms. The number of carbonyl (C=O) groups is 1. The number of aryl methyl sites for hydroxylation is 2. The van der Waals surface area contributed by atoms with E-state index in [0.717, 1.165) is 5.56 Å². The first-order chi connectivity index (χ1) is 17.9. The number of nitriles is 1. The molecule has 0 bridgehead atoms. The van der Waals surface area contributed by atoms with E-state index in [-0.39, 0.29) is 18.3 Å². The average molecular weight is 496 g/mol. The molecule has 0 radical (unpaired) electrons. The Morgan fingerprint density at radius 3 is 2.89 bits per heavy atom. The van der Waals surface area contributed by atoms with Crippen molar-refractivity contribution in [1.29, 1.82) is 5.26 Å². The first-order valence-electron chi connectivity index (χ1n) is 11.3. The van der Waals surface area contributed by atoms with Crippen LogP contribution in [0.15, 0.2) is 43.0 Å². The lowest BCUT2D eigenvalue weighted by atomic mass is 10.2. The Morgan fingerprint density at radius 1 is 1.30 bits per heavy atom. The Morgan fingerprint density at radius 2 is 2.16 bits per heavy atom. The van der Waals surface area contributed by atoms with E-state index >= 15 is 0 Å². The van der Waals surface area contributed by atoms with Gasteiger partial charge in [-0.3, -0.25) is 4.79 Å². The number of ether oxygens (including phenoxy) is 2. The van der Waals surface area contributed by atoms with Gasteiger partial charge in [0.2, 0.25) is 5.88 Å². The molecule has 1 fully saturated rings. The molecule has 4 aromatic heterocycles. The summed E-state index contributed by atoms with van der Waals surface area (Å²) in [6.07, 6.45) is 4.01. The molecule has 184 valence electrons. The maximum absolute atomic E-state index is 12.8. The smallest absolute Gasteiger partial charge is 0.269 e. The fraction of sp³-hybridized carbons (Fsp3) is 0.240. The van der Waals surface area contributed by atoms with Crippen molar-refractivity contribution in [2.45, 2.75) is 13.0 Å². The van der Waals surface area contributed by atoms with Crippen LogP contribution in [0.1, 0.15) is 15.9 Å². The molecule has 5 heterocycles. The summed E-state index contributed by atoms with van der Waals surface area (Å²) >= 11 is 0. The van der Waals surface area contributed by atoms with Crippen LogP contribution in [0.4, 0.5) is 17.3 Å². The van der Waals surface area contributed by atoms with Crippen LogP contribution >= 0.6 is 0 Å². The summed E-state index contributed by atoms with van der Waals surface area (Å²) < 4.78 is 13.1. The van der Waals surface area contributed by atoms with Crippen molar-refractivity contribution in [1.82, 2.24) is 29.4 Å². The minimum Gasteiger partial charge on any atom is -0.435 e. The standard InChI is InChI=1S/C25H21N9O3/c1-15-8-21(27-2)29-12-19(15)37-22-9-18(23-24(32-22)33(3)14-30-23)31-20-5-4-16(11-28-20)25(35)34-6-7-36-17(10-26)13-34/h4-5,8-9,11-12,14,17H,6-7,13H2,1,3H3,(H,28,31,32). The molecule has 1 unspecified atom stereocenters. The normalized spacial score (nSPS) is 15.1. The Balaban J connectivity index is 1.39. The number of anilines is 2. The summed E-state index contributed by atoms with van der Waals surface area (Å²) in [5.74, 6) is 1.37. The zero-order valence-electron chi connectivity index (χ0n) is 20.0. The second-order valence-electron chi connectivity index (χ2n) is 8.35. The van der Waals surface area contributed by atoms with Gasteiger partial charge in [0.15, 0.2) is 23.7 Å². The van der Waals surface area contributed by atoms with Crippen molar-refractivity contribution in [2.24, 2.45) is 7.05 Å². The highest BCUT2D eigenvalue weighted by Gasteiger charge is 2.25. The number of pyridine rings is 3. The number of nitrogens with one attached hydrogen (secondary N) is 1. The molecule has 1 aliphatic rings. The first-order valence-corrected chi connectivity index (χ1v) is 11.3. The highest BCUT2D eigenvalue weighted by atomic mass is 16.5. The number of hydrogen-bond acceptors (Lipinski definition) is 9. The van der Waals surface area contributed by atoms with Gasteiger partial charge in [-0.2, -0.15) is 10.2 Å². The summed E-state index contributed by atoms with van der Waals surface area (Å²) in [4.78, 5) is 35.2. The van der Waals surface area contributed by atoms with Crippen LogP contribution in [0, 0.1) is 24.8 Å². The topological polar surface area (TPSA) is 135 Å². The van der Waals surface area contributed by atoms with Gasteiger partial charge >= 0.3 is 0 Å². The number of nitrogens with zero attached hydrogens (tertiary/aromatic N) is 8. The van der Waals surface area contributed by atoms with Crippen LogP contribution in [0.5, 0.6) is 11.6 Å². The number of rotatable bonds is 5. The summed E-state index contributed by atoms with van der Waals surface area (Å²) in [5.41, 5.74) is 2.99. The van der Waals surface area contributed by atoms with Crippen LogP contribution in [0.3, 0.4) is 0 Å². The molecule has 1 atom stereocenters. The molecule has 1 N–H and O–H groups in total. The van der Waals surface area contributed by atoms with E-state index in [1.54, 1.807) is 40.1 Å². The van der Waals surface area contributed by atoms with Crippen molar-refractivity contribution in [3.05, 3.63) is 65.5 Å². The molecule has 37 heavy (non-hydrogen) atoms. The second-order valence-corrected chi connectivity index (χ2v) is 8.35. The number of amides is 1. The highest BCUT2D eigenvalue weighted by molar-refractivity contribution is 5.94. The third kappa shape index (κ3) is 4.87. The van der Waals surface area contributed by atoms with E-state index in [1.807, 2.05) is 20.0 Å². The van der Waals surface area contributed by atoms with Crippen LogP contribution in [0.2, 0.25) is 0 Å². The molecule has 1 saturated heterocycles. The third-order valence-electron chi connectivity index (χ3n) is 5.79. The van der Waals surface area contributed by atoms with Crippen LogP contribution in [0.25, 0.3) is 16.0 Å². The second kappa shape index (κ2) is 9.89. The third-order valence-corrected chi connectivity index (χ3v) is 5.79. The molecule has 12 nitrogen and oxygen atoms in total. The highest BCUT2D eigenvalue weighted by Crippen LogP contribution is 2.31. The Hall–Kier alpha value is -5.07. The van der Waals surface area contributed by atoms with Crippen molar-refractivity contribution in [3.63, 3.8) is 0 Å². The van der Waals surface area contributed by atoms with Gasteiger partial charge in [0.25, 0.3) is 11.7 Å².